The van der Waals surface area contributed by atoms with Crippen molar-refractivity contribution < 1.29 is 17.9 Å². The first kappa shape index (κ1) is 16.5. The molecule has 6 nitrogen and oxygen atoms in total. The van der Waals surface area contributed by atoms with Gasteiger partial charge in [0.2, 0.25) is 0 Å². The summed E-state index contributed by atoms with van der Waals surface area (Å²) in [6.07, 6.45) is 0.587. The van der Waals surface area contributed by atoms with Crippen molar-refractivity contribution in [3.63, 3.8) is 0 Å². The van der Waals surface area contributed by atoms with Crippen molar-refractivity contribution in [2.45, 2.75) is 12.5 Å². The highest BCUT2D eigenvalue weighted by Gasteiger charge is 2.35. The molecule has 0 spiro atoms. The van der Waals surface area contributed by atoms with Crippen LogP contribution in [0, 0.1) is 5.92 Å². The van der Waals surface area contributed by atoms with Gasteiger partial charge in [-0.25, -0.2) is 8.42 Å². The predicted molar refractivity (Wildman–Crippen MR) is 84.1 cm³/mol. The lowest BCUT2D eigenvalue weighted by Crippen LogP contribution is -2.34. The van der Waals surface area contributed by atoms with Gasteiger partial charge in [-0.15, -0.1) is 0 Å². The lowest BCUT2D eigenvalue weighted by Gasteiger charge is -2.25. The predicted octanol–water partition coefficient (Wildman–Crippen LogP) is 1.41. The van der Waals surface area contributed by atoms with Gasteiger partial charge < -0.3 is 9.47 Å². The molecule has 2 unspecified atom stereocenters. The van der Waals surface area contributed by atoms with Crippen molar-refractivity contribution in [1.29, 1.82) is 0 Å². The van der Waals surface area contributed by atoms with Crippen molar-refractivity contribution >= 4 is 25.8 Å². The fraction of sp³-hybridized carbons (Fsp3) is 0.538. The Balaban J connectivity index is 2.41. The van der Waals surface area contributed by atoms with Crippen molar-refractivity contribution in [2.24, 2.45) is 11.8 Å². The van der Waals surface area contributed by atoms with Crippen LogP contribution in [0.4, 0.5) is 0 Å². The van der Waals surface area contributed by atoms with E-state index in [0.717, 1.165) is 5.56 Å². The van der Waals surface area contributed by atoms with Crippen molar-refractivity contribution in [1.82, 2.24) is 5.43 Å². The molecule has 0 aromatic heterocycles. The highest BCUT2D eigenvalue weighted by molar-refractivity contribution is 9.10. The van der Waals surface area contributed by atoms with Gasteiger partial charge in [0.1, 0.15) is 16.0 Å². The molecule has 118 valence electrons. The van der Waals surface area contributed by atoms with E-state index in [0.29, 0.717) is 22.4 Å². The summed E-state index contributed by atoms with van der Waals surface area (Å²) in [7, 11) is 0.155. The van der Waals surface area contributed by atoms with Gasteiger partial charge in [-0.05, 0) is 40.4 Å². The fourth-order valence-corrected chi connectivity index (χ4v) is 5.25. The number of hydrogen-bond acceptors (Lipinski definition) is 6. The van der Waals surface area contributed by atoms with Crippen LogP contribution in [0.25, 0.3) is 0 Å². The zero-order chi connectivity index (χ0) is 15.6. The monoisotopic (exact) mass is 378 g/mol. The molecule has 0 radical (unpaired) electrons. The number of methoxy groups -OCH3 is 2. The normalized spacial score (nSPS) is 22.0. The quantitative estimate of drug-likeness (QED) is 0.594. The molecular formula is C13H19BrN2O4S. The van der Waals surface area contributed by atoms with Crippen LogP contribution in [0.3, 0.4) is 0 Å². The fourth-order valence-electron chi connectivity index (χ4n) is 2.73. The maximum Gasteiger partial charge on any atom is 0.150 e. The number of ether oxygens (including phenoxy) is 2. The van der Waals surface area contributed by atoms with E-state index in [1.165, 1.54) is 0 Å². The summed E-state index contributed by atoms with van der Waals surface area (Å²) in [5, 5.41) is 0. The maximum absolute atomic E-state index is 11.7. The minimum Gasteiger partial charge on any atom is -0.495 e. The van der Waals surface area contributed by atoms with Gasteiger partial charge in [-0.1, -0.05) is 0 Å². The van der Waals surface area contributed by atoms with Crippen LogP contribution in [0.1, 0.15) is 18.0 Å². The third-order valence-electron chi connectivity index (χ3n) is 3.77. The highest BCUT2D eigenvalue weighted by atomic mass is 79.9. The molecule has 3 N–H and O–H groups in total. The summed E-state index contributed by atoms with van der Waals surface area (Å²) in [5.74, 6) is 7.18. The standard InChI is InChI=1S/C13H19BrN2O4S/c1-19-10-4-3-9(13(20-2)11(10)14)12(16-15)8-5-6-21(17,18)7-8/h3-4,8,12,16H,5-7,15H2,1-2H3. The molecule has 0 amide bonds. The number of nitrogens with two attached hydrogens (primary N) is 1. The van der Waals surface area contributed by atoms with E-state index in [-0.39, 0.29) is 23.5 Å². The van der Waals surface area contributed by atoms with Crippen LogP contribution < -0.4 is 20.7 Å². The molecule has 0 saturated carbocycles. The van der Waals surface area contributed by atoms with Gasteiger partial charge in [0, 0.05) is 5.56 Å². The van der Waals surface area contributed by atoms with Gasteiger partial charge in [0.05, 0.1) is 31.8 Å². The van der Waals surface area contributed by atoms with E-state index in [2.05, 4.69) is 21.4 Å². The number of hydrogen-bond donors (Lipinski definition) is 2. The summed E-state index contributed by atoms with van der Waals surface area (Å²) in [6.45, 7) is 0. The first-order chi connectivity index (χ1) is 9.93. The smallest absolute Gasteiger partial charge is 0.150 e. The molecule has 1 aromatic rings. The third kappa shape index (κ3) is 3.33. The van der Waals surface area contributed by atoms with Crippen LogP contribution in [-0.2, 0) is 9.84 Å². The molecule has 8 heteroatoms. The molecule has 2 atom stereocenters. The second kappa shape index (κ2) is 6.51. The molecule has 0 bridgehead atoms. The molecule has 1 heterocycles. The Morgan fingerprint density at radius 3 is 2.57 bits per heavy atom. The molecule has 1 aliphatic heterocycles. The van der Waals surface area contributed by atoms with E-state index in [9.17, 15) is 8.42 Å². The van der Waals surface area contributed by atoms with Gasteiger partial charge in [-0.3, -0.25) is 11.3 Å². The number of halogens is 1. The Hall–Kier alpha value is -0.830. The second-order valence-corrected chi connectivity index (χ2v) is 8.03. The van der Waals surface area contributed by atoms with Gasteiger partial charge in [-0.2, -0.15) is 0 Å². The van der Waals surface area contributed by atoms with Crippen molar-refractivity contribution in [3.8, 4) is 11.5 Å². The zero-order valence-electron chi connectivity index (χ0n) is 11.9. The molecular weight excluding hydrogens is 360 g/mol. The van der Waals surface area contributed by atoms with Crippen LogP contribution in [0.15, 0.2) is 16.6 Å². The lowest BCUT2D eigenvalue weighted by atomic mass is 9.92. The zero-order valence-corrected chi connectivity index (χ0v) is 14.3. The van der Waals surface area contributed by atoms with Crippen LogP contribution >= 0.6 is 15.9 Å². The molecule has 0 aliphatic carbocycles. The average molecular weight is 379 g/mol. The summed E-state index contributed by atoms with van der Waals surface area (Å²) >= 11 is 3.44. The summed E-state index contributed by atoms with van der Waals surface area (Å²) in [4.78, 5) is 0. The van der Waals surface area contributed by atoms with E-state index >= 15 is 0 Å². The first-order valence-corrected chi connectivity index (χ1v) is 9.12. The molecule has 1 aliphatic rings. The number of rotatable bonds is 5. The van der Waals surface area contributed by atoms with Crippen LogP contribution in [0.5, 0.6) is 11.5 Å². The average Bonchev–Trinajstić information content (AvgIpc) is 2.80. The maximum atomic E-state index is 11.7. The molecule has 1 fully saturated rings. The SMILES string of the molecule is COc1ccc(C(NN)C2CCS(=O)(=O)C2)c(OC)c1Br. The van der Waals surface area contributed by atoms with E-state index in [4.69, 9.17) is 15.3 Å². The van der Waals surface area contributed by atoms with E-state index < -0.39 is 9.84 Å². The minimum atomic E-state index is -2.97. The molecule has 21 heavy (non-hydrogen) atoms. The van der Waals surface area contributed by atoms with Gasteiger partial charge >= 0.3 is 0 Å². The number of sulfone groups is 1. The van der Waals surface area contributed by atoms with E-state index in [1.807, 2.05) is 6.07 Å². The van der Waals surface area contributed by atoms with E-state index in [1.54, 1.807) is 20.3 Å². The van der Waals surface area contributed by atoms with Crippen LogP contribution in [0.2, 0.25) is 0 Å². The van der Waals surface area contributed by atoms with Crippen molar-refractivity contribution in [2.75, 3.05) is 25.7 Å². The topological polar surface area (TPSA) is 90.6 Å². The Kier molecular flexibility index (Phi) is 5.13. The van der Waals surface area contributed by atoms with Crippen molar-refractivity contribution in [3.05, 3.63) is 22.2 Å². The van der Waals surface area contributed by atoms with Gasteiger partial charge in [0.25, 0.3) is 0 Å². The van der Waals surface area contributed by atoms with Gasteiger partial charge in [0.15, 0.2) is 9.84 Å². The number of nitrogens with one attached hydrogen (secondary N) is 1. The Morgan fingerprint density at radius 1 is 1.38 bits per heavy atom. The second-order valence-electron chi connectivity index (χ2n) is 5.01. The number of benzene rings is 1. The third-order valence-corrected chi connectivity index (χ3v) is 6.31. The Morgan fingerprint density at radius 2 is 2.10 bits per heavy atom. The Bertz CT molecular complexity index is 621. The Labute approximate surface area is 133 Å². The lowest BCUT2D eigenvalue weighted by molar-refractivity contribution is 0.355. The minimum absolute atomic E-state index is 0.0748. The largest absolute Gasteiger partial charge is 0.495 e. The first-order valence-electron chi connectivity index (χ1n) is 6.50. The summed E-state index contributed by atoms with van der Waals surface area (Å²) in [5.41, 5.74) is 3.55. The highest BCUT2D eigenvalue weighted by Crippen LogP contribution is 2.42. The summed E-state index contributed by atoms with van der Waals surface area (Å²) < 4.78 is 34.7. The summed E-state index contributed by atoms with van der Waals surface area (Å²) in [6, 6.07) is 3.35. The molecule has 1 saturated heterocycles. The van der Waals surface area contributed by atoms with Crippen LogP contribution in [-0.4, -0.2) is 34.1 Å². The molecule has 1 aromatic carbocycles. The number of hydrazine groups is 1. The molecule has 2 rings (SSSR count).